The van der Waals surface area contributed by atoms with Crippen molar-refractivity contribution in [3.8, 4) is 6.07 Å². The molecule has 0 saturated carbocycles. The lowest BCUT2D eigenvalue weighted by Crippen LogP contribution is -2.34. The van der Waals surface area contributed by atoms with Crippen LogP contribution in [0.1, 0.15) is 65.0 Å². The number of carbonyl (C=O) groups is 1. The number of nitriles is 1. The number of ether oxygens (including phenoxy) is 1. The molecule has 1 aromatic carbocycles. The van der Waals surface area contributed by atoms with Crippen molar-refractivity contribution in [1.82, 2.24) is 0 Å². The van der Waals surface area contributed by atoms with Crippen LogP contribution in [0.15, 0.2) is 40.5 Å². The van der Waals surface area contributed by atoms with E-state index in [-0.39, 0.29) is 11.5 Å². The predicted molar refractivity (Wildman–Crippen MR) is 109 cm³/mol. The third-order valence-corrected chi connectivity index (χ3v) is 4.68. The first-order valence-corrected chi connectivity index (χ1v) is 9.83. The van der Waals surface area contributed by atoms with Gasteiger partial charge in [0, 0.05) is 17.3 Å². The summed E-state index contributed by atoms with van der Waals surface area (Å²) in [4.78, 5) is 17.5. The molecule has 1 aliphatic rings. The summed E-state index contributed by atoms with van der Waals surface area (Å²) < 4.78 is 44.6. The molecule has 1 heterocycles. The summed E-state index contributed by atoms with van der Waals surface area (Å²) in [5, 5.41) is 9.92. The van der Waals surface area contributed by atoms with E-state index in [9.17, 15) is 23.2 Å². The Labute approximate surface area is 175 Å². The molecule has 0 saturated heterocycles. The van der Waals surface area contributed by atoms with Crippen LogP contribution in [0.2, 0.25) is 0 Å². The highest BCUT2D eigenvalue weighted by atomic mass is 19.4. The number of hydrogen-bond acceptors (Lipinski definition) is 4. The zero-order valence-corrected chi connectivity index (χ0v) is 18.1. The monoisotopic (exact) mass is 420 g/mol. The average molecular weight is 420 g/mol. The van der Waals surface area contributed by atoms with Crippen molar-refractivity contribution in [2.45, 2.75) is 65.7 Å². The molecular weight excluding hydrogens is 393 g/mol. The summed E-state index contributed by atoms with van der Waals surface area (Å²) in [5.74, 6) is -1.91. The number of nitrogens with zero attached hydrogens (tertiary/aromatic N) is 2. The first-order valence-electron chi connectivity index (χ1n) is 9.83. The molecule has 1 aromatic rings. The van der Waals surface area contributed by atoms with E-state index < -0.39 is 35.1 Å². The highest BCUT2D eigenvalue weighted by molar-refractivity contribution is 5.99. The molecule has 7 heteroatoms. The number of aliphatic imine (C=N–C) groups is 1. The second-order valence-electron chi connectivity index (χ2n) is 8.91. The predicted octanol–water partition coefficient (Wildman–Crippen LogP) is 6.05. The molecule has 2 rings (SSSR count). The van der Waals surface area contributed by atoms with Crippen molar-refractivity contribution in [2.75, 3.05) is 0 Å². The molecule has 0 spiro atoms. The third kappa shape index (κ3) is 5.50. The lowest BCUT2D eigenvalue weighted by Gasteiger charge is -2.32. The van der Waals surface area contributed by atoms with Crippen LogP contribution in [0.3, 0.4) is 0 Å². The quantitative estimate of drug-likeness (QED) is 0.558. The summed E-state index contributed by atoms with van der Waals surface area (Å²) in [6.45, 7) is 10.8. The fourth-order valence-corrected chi connectivity index (χ4v) is 3.52. The molecule has 2 atom stereocenters. The van der Waals surface area contributed by atoms with Crippen molar-refractivity contribution >= 4 is 11.7 Å². The number of benzene rings is 1. The zero-order chi connectivity index (χ0) is 22.9. The number of hydrogen-bond donors (Lipinski definition) is 0. The summed E-state index contributed by atoms with van der Waals surface area (Å²) in [5.41, 5.74) is 0.165. The van der Waals surface area contributed by atoms with Crippen molar-refractivity contribution in [2.24, 2.45) is 16.8 Å². The highest BCUT2D eigenvalue weighted by Gasteiger charge is 2.40. The molecule has 0 amide bonds. The van der Waals surface area contributed by atoms with E-state index in [1.165, 1.54) is 12.1 Å². The maximum absolute atomic E-state index is 13.0. The zero-order valence-electron chi connectivity index (χ0n) is 18.1. The second kappa shape index (κ2) is 8.63. The van der Waals surface area contributed by atoms with E-state index >= 15 is 0 Å². The highest BCUT2D eigenvalue weighted by Crippen LogP contribution is 2.41. The molecule has 162 valence electrons. The molecule has 0 aromatic heterocycles. The third-order valence-electron chi connectivity index (χ3n) is 4.68. The largest absolute Gasteiger partial charge is 0.457 e. The van der Waals surface area contributed by atoms with Gasteiger partial charge in [0.15, 0.2) is 0 Å². The van der Waals surface area contributed by atoms with Gasteiger partial charge in [0.25, 0.3) is 0 Å². The Hall–Kier alpha value is -2.62. The van der Waals surface area contributed by atoms with E-state index in [1.807, 2.05) is 13.8 Å². The molecule has 30 heavy (non-hydrogen) atoms. The van der Waals surface area contributed by atoms with Gasteiger partial charge < -0.3 is 4.74 Å². The smallest absolute Gasteiger partial charge is 0.416 e. The number of esters is 1. The normalized spacial score (nSPS) is 20.1. The van der Waals surface area contributed by atoms with Crippen LogP contribution in [0.25, 0.3) is 0 Å². The van der Waals surface area contributed by atoms with Gasteiger partial charge in [-0.3, -0.25) is 4.99 Å². The van der Waals surface area contributed by atoms with Crippen LogP contribution in [0.4, 0.5) is 13.2 Å². The molecule has 0 radical (unpaired) electrons. The molecule has 0 fully saturated rings. The Morgan fingerprint density at radius 2 is 1.77 bits per heavy atom. The minimum Gasteiger partial charge on any atom is -0.457 e. The van der Waals surface area contributed by atoms with Crippen molar-refractivity contribution in [3.05, 3.63) is 46.7 Å². The summed E-state index contributed by atoms with van der Waals surface area (Å²) in [6, 6.07) is 6.82. The molecule has 0 N–H and O–H groups in total. The molecule has 1 aliphatic heterocycles. The van der Waals surface area contributed by atoms with Crippen LogP contribution < -0.4 is 0 Å². The van der Waals surface area contributed by atoms with Gasteiger partial charge in [-0.25, -0.2) is 4.79 Å². The van der Waals surface area contributed by atoms with E-state index in [4.69, 9.17) is 4.74 Å². The van der Waals surface area contributed by atoms with Crippen LogP contribution in [0.5, 0.6) is 0 Å². The fourth-order valence-electron chi connectivity index (χ4n) is 3.52. The summed E-state index contributed by atoms with van der Waals surface area (Å²) in [6.07, 6.45) is -3.92. The van der Waals surface area contributed by atoms with Crippen molar-refractivity contribution in [3.63, 3.8) is 0 Å². The Morgan fingerprint density at radius 1 is 1.20 bits per heavy atom. The Balaban J connectivity index is 2.62. The number of halogens is 3. The lowest BCUT2D eigenvalue weighted by molar-refractivity contribution is -0.150. The number of allylic oxidation sites excluding steroid dienone is 1. The molecule has 0 bridgehead atoms. The standard InChI is InChI=1S/C23H27F3N2O2/c1-13(2)11-18-17(12-27)20(15-7-9-16(10-8-15)23(24,25)26)19(14(3)28-18)21(29)30-22(4,5)6/h7-10,13,17,20H,11H2,1-6H3. The SMILES string of the molecule is CC1=C(C(=O)OC(C)(C)C)C(c2ccc(C(F)(F)F)cc2)C(C#N)C(CC(C)C)=N1. The van der Waals surface area contributed by atoms with E-state index in [0.717, 1.165) is 12.1 Å². The maximum Gasteiger partial charge on any atom is 0.416 e. The molecular formula is C23H27F3N2O2. The van der Waals surface area contributed by atoms with Crippen LogP contribution in [-0.4, -0.2) is 17.3 Å². The lowest BCUT2D eigenvalue weighted by atomic mass is 9.74. The van der Waals surface area contributed by atoms with Crippen LogP contribution >= 0.6 is 0 Å². The van der Waals surface area contributed by atoms with E-state index in [0.29, 0.717) is 23.4 Å². The topological polar surface area (TPSA) is 62.5 Å². The van der Waals surface area contributed by atoms with Gasteiger partial charge in [-0.2, -0.15) is 18.4 Å². The van der Waals surface area contributed by atoms with Gasteiger partial charge in [-0.1, -0.05) is 26.0 Å². The Morgan fingerprint density at radius 3 is 2.20 bits per heavy atom. The fraction of sp³-hybridized carbons (Fsp3) is 0.522. The molecule has 4 nitrogen and oxygen atoms in total. The first-order chi connectivity index (χ1) is 13.7. The second-order valence-corrected chi connectivity index (χ2v) is 8.91. The van der Waals surface area contributed by atoms with E-state index in [2.05, 4.69) is 11.1 Å². The van der Waals surface area contributed by atoms with Gasteiger partial charge >= 0.3 is 12.1 Å². The van der Waals surface area contributed by atoms with Crippen LogP contribution in [0, 0.1) is 23.2 Å². The van der Waals surface area contributed by atoms with Gasteiger partial charge in [0.05, 0.1) is 23.1 Å². The van der Waals surface area contributed by atoms with Crippen molar-refractivity contribution in [1.29, 1.82) is 5.26 Å². The Bertz CT molecular complexity index is 898. The summed E-state index contributed by atoms with van der Waals surface area (Å²) in [7, 11) is 0. The van der Waals surface area contributed by atoms with Gasteiger partial charge in [-0.15, -0.1) is 0 Å². The van der Waals surface area contributed by atoms with Crippen LogP contribution in [-0.2, 0) is 15.7 Å². The number of rotatable bonds is 4. The Kier molecular flexibility index (Phi) is 6.80. The van der Waals surface area contributed by atoms with Crippen molar-refractivity contribution < 1.29 is 22.7 Å². The van der Waals surface area contributed by atoms with Gasteiger partial charge in [0.1, 0.15) is 5.60 Å². The number of carbonyl (C=O) groups excluding carboxylic acids is 1. The first kappa shape index (κ1) is 23.7. The minimum absolute atomic E-state index is 0.212. The molecule has 2 unspecified atom stereocenters. The maximum atomic E-state index is 13.0. The number of alkyl halides is 3. The van der Waals surface area contributed by atoms with Gasteiger partial charge in [-0.05, 0) is 57.7 Å². The minimum atomic E-state index is -4.47. The van der Waals surface area contributed by atoms with Gasteiger partial charge in [0.2, 0.25) is 0 Å². The average Bonchev–Trinajstić information content (AvgIpc) is 2.58. The van der Waals surface area contributed by atoms with E-state index in [1.54, 1.807) is 27.7 Å². The molecule has 0 aliphatic carbocycles. The summed E-state index contributed by atoms with van der Waals surface area (Å²) >= 11 is 0.